The molecule has 0 spiro atoms. The van der Waals surface area contributed by atoms with Crippen LogP contribution in [-0.4, -0.2) is 15.9 Å². The zero-order chi connectivity index (χ0) is 6.69. The number of primary amides is 1. The quantitative estimate of drug-likeness (QED) is 0.707. The van der Waals surface area contributed by atoms with Gasteiger partial charge in [-0.1, -0.05) is 0 Å². The van der Waals surface area contributed by atoms with Crippen LogP contribution in [0.3, 0.4) is 0 Å². The summed E-state index contributed by atoms with van der Waals surface area (Å²) in [6.45, 7) is 0. The molecule has 1 aromatic heterocycles. The van der Waals surface area contributed by atoms with Crippen LogP contribution < -0.4 is 5.73 Å². The van der Waals surface area contributed by atoms with Crippen molar-refractivity contribution in [2.24, 2.45) is 5.73 Å². The van der Waals surface area contributed by atoms with Gasteiger partial charge in [-0.25, -0.2) is 9.97 Å². The highest BCUT2D eigenvalue weighted by Gasteiger charge is 1.98. The van der Waals surface area contributed by atoms with Gasteiger partial charge in [0.15, 0.2) is 0 Å². The first-order chi connectivity index (χ1) is 4.30. The summed E-state index contributed by atoms with van der Waals surface area (Å²) in [5, 5.41) is 0. The number of rotatable bonds is 1. The predicted molar refractivity (Wildman–Crippen MR) is 40.9 cm³/mol. The van der Waals surface area contributed by atoms with Gasteiger partial charge in [-0.05, 0) is 6.07 Å². The zero-order valence-electron chi connectivity index (χ0n) is 5.02. The average Bonchev–Trinajstić information content (AvgIpc) is 1.90. The summed E-state index contributed by atoms with van der Waals surface area (Å²) in [5.41, 5.74) is 4.85. The van der Waals surface area contributed by atoms with Crippen molar-refractivity contribution in [1.29, 1.82) is 0 Å². The second-order valence-corrected chi connectivity index (χ2v) is 1.44. The molecular formula is C5H6BrN3O. The molecule has 1 amide bonds. The third-order valence-corrected chi connectivity index (χ3v) is 0.786. The monoisotopic (exact) mass is 203 g/mol. The second-order valence-electron chi connectivity index (χ2n) is 1.44. The first kappa shape index (κ1) is 9.03. The van der Waals surface area contributed by atoms with Gasteiger partial charge in [0.1, 0.15) is 0 Å². The first-order valence-corrected chi connectivity index (χ1v) is 2.37. The lowest BCUT2D eigenvalue weighted by molar-refractivity contribution is 0.0990. The molecule has 10 heavy (non-hydrogen) atoms. The van der Waals surface area contributed by atoms with Gasteiger partial charge in [0, 0.05) is 12.4 Å². The standard InChI is InChI=1S/C5H5N3O.BrH/c6-4(9)5-7-2-1-3-8-5;/h1-3H,(H2,6,9);1H. The topological polar surface area (TPSA) is 68.9 Å². The molecule has 0 atom stereocenters. The molecule has 0 saturated carbocycles. The van der Waals surface area contributed by atoms with E-state index >= 15 is 0 Å². The largest absolute Gasteiger partial charge is 0.363 e. The Kier molecular flexibility index (Phi) is 3.56. The van der Waals surface area contributed by atoms with Gasteiger partial charge >= 0.3 is 0 Å². The Labute approximate surface area is 68.2 Å². The Hall–Kier alpha value is -0.970. The number of halogens is 1. The van der Waals surface area contributed by atoms with Gasteiger partial charge < -0.3 is 5.73 Å². The van der Waals surface area contributed by atoms with E-state index in [4.69, 9.17) is 5.73 Å². The van der Waals surface area contributed by atoms with Crippen molar-refractivity contribution in [3.63, 3.8) is 0 Å². The molecule has 4 nitrogen and oxygen atoms in total. The predicted octanol–water partition coefficient (Wildman–Crippen LogP) is 0.153. The van der Waals surface area contributed by atoms with Crippen LogP contribution in [0.2, 0.25) is 0 Å². The van der Waals surface area contributed by atoms with Gasteiger partial charge in [0.25, 0.3) is 5.91 Å². The molecule has 1 aromatic rings. The van der Waals surface area contributed by atoms with E-state index in [9.17, 15) is 4.79 Å². The SMILES string of the molecule is Br.NC(=O)c1ncccn1. The summed E-state index contributed by atoms with van der Waals surface area (Å²) in [7, 11) is 0. The van der Waals surface area contributed by atoms with Crippen molar-refractivity contribution in [3.05, 3.63) is 24.3 Å². The zero-order valence-corrected chi connectivity index (χ0v) is 6.73. The van der Waals surface area contributed by atoms with Crippen LogP contribution in [0.25, 0.3) is 0 Å². The Balaban J connectivity index is 0.000000810. The lowest BCUT2D eigenvalue weighted by Crippen LogP contribution is -2.14. The molecule has 5 heteroatoms. The van der Waals surface area contributed by atoms with Crippen molar-refractivity contribution in [2.75, 3.05) is 0 Å². The van der Waals surface area contributed by atoms with Crippen LogP contribution in [-0.2, 0) is 0 Å². The fraction of sp³-hybridized carbons (Fsp3) is 0. The molecule has 0 bridgehead atoms. The molecule has 0 aliphatic heterocycles. The summed E-state index contributed by atoms with van der Waals surface area (Å²) < 4.78 is 0. The number of carbonyl (C=O) groups is 1. The molecule has 0 saturated heterocycles. The van der Waals surface area contributed by atoms with Crippen LogP contribution in [0, 0.1) is 0 Å². The van der Waals surface area contributed by atoms with Crippen molar-refractivity contribution >= 4 is 22.9 Å². The number of amides is 1. The third kappa shape index (κ3) is 2.10. The van der Waals surface area contributed by atoms with Crippen LogP contribution in [0.15, 0.2) is 18.5 Å². The minimum atomic E-state index is -0.601. The highest BCUT2D eigenvalue weighted by Crippen LogP contribution is 1.82. The van der Waals surface area contributed by atoms with Crippen molar-refractivity contribution < 1.29 is 4.79 Å². The van der Waals surface area contributed by atoms with Crippen LogP contribution >= 0.6 is 17.0 Å². The molecule has 0 aliphatic rings. The van der Waals surface area contributed by atoms with Crippen molar-refractivity contribution in [3.8, 4) is 0 Å². The smallest absolute Gasteiger partial charge is 0.286 e. The molecule has 2 N–H and O–H groups in total. The minimum Gasteiger partial charge on any atom is -0.363 e. The van der Waals surface area contributed by atoms with Crippen molar-refractivity contribution in [2.45, 2.75) is 0 Å². The van der Waals surface area contributed by atoms with E-state index in [1.54, 1.807) is 6.07 Å². The lowest BCUT2D eigenvalue weighted by Gasteiger charge is -1.87. The Bertz CT molecular complexity index is 213. The highest BCUT2D eigenvalue weighted by atomic mass is 79.9. The summed E-state index contributed by atoms with van der Waals surface area (Å²) in [5.74, 6) is -0.548. The maximum Gasteiger partial charge on any atom is 0.286 e. The molecular weight excluding hydrogens is 198 g/mol. The van der Waals surface area contributed by atoms with E-state index in [0.717, 1.165) is 0 Å². The third-order valence-electron chi connectivity index (χ3n) is 0.786. The average molecular weight is 204 g/mol. The molecule has 0 fully saturated rings. The van der Waals surface area contributed by atoms with Crippen LogP contribution in [0.5, 0.6) is 0 Å². The molecule has 1 heterocycles. The Morgan fingerprint density at radius 2 is 1.90 bits per heavy atom. The summed E-state index contributed by atoms with van der Waals surface area (Å²) >= 11 is 0. The van der Waals surface area contributed by atoms with Crippen LogP contribution in [0.4, 0.5) is 0 Å². The fourth-order valence-corrected chi connectivity index (χ4v) is 0.426. The maximum atomic E-state index is 10.3. The minimum absolute atomic E-state index is 0. The van der Waals surface area contributed by atoms with E-state index in [-0.39, 0.29) is 22.8 Å². The van der Waals surface area contributed by atoms with Gasteiger partial charge in [0.05, 0.1) is 0 Å². The van der Waals surface area contributed by atoms with E-state index in [1.807, 2.05) is 0 Å². The van der Waals surface area contributed by atoms with Gasteiger partial charge in [0.2, 0.25) is 5.82 Å². The highest BCUT2D eigenvalue weighted by molar-refractivity contribution is 8.93. The molecule has 54 valence electrons. The van der Waals surface area contributed by atoms with E-state index in [2.05, 4.69) is 9.97 Å². The number of carbonyl (C=O) groups excluding carboxylic acids is 1. The molecule has 0 aromatic carbocycles. The summed E-state index contributed by atoms with van der Waals surface area (Å²) in [6, 6.07) is 1.62. The van der Waals surface area contributed by atoms with E-state index in [1.165, 1.54) is 12.4 Å². The van der Waals surface area contributed by atoms with E-state index in [0.29, 0.717) is 0 Å². The molecule has 0 radical (unpaired) electrons. The molecule has 0 unspecified atom stereocenters. The maximum absolute atomic E-state index is 10.3. The normalized spacial score (nSPS) is 8.00. The molecule has 0 aliphatic carbocycles. The second kappa shape index (κ2) is 3.94. The summed E-state index contributed by atoms with van der Waals surface area (Å²) in [4.78, 5) is 17.5. The summed E-state index contributed by atoms with van der Waals surface area (Å²) in [6.07, 6.45) is 2.93. The number of hydrogen-bond donors (Lipinski definition) is 1. The lowest BCUT2D eigenvalue weighted by atomic mass is 10.5. The van der Waals surface area contributed by atoms with Crippen molar-refractivity contribution in [1.82, 2.24) is 9.97 Å². The van der Waals surface area contributed by atoms with E-state index < -0.39 is 5.91 Å². The first-order valence-electron chi connectivity index (χ1n) is 2.37. The fourth-order valence-electron chi connectivity index (χ4n) is 0.426. The number of nitrogens with zero attached hydrogens (tertiary/aromatic N) is 2. The number of nitrogens with two attached hydrogens (primary N) is 1. The number of hydrogen-bond acceptors (Lipinski definition) is 3. The van der Waals surface area contributed by atoms with Gasteiger partial charge in [-0.3, -0.25) is 4.79 Å². The van der Waals surface area contributed by atoms with Crippen LogP contribution in [0.1, 0.15) is 10.6 Å². The van der Waals surface area contributed by atoms with Gasteiger partial charge in [-0.15, -0.1) is 17.0 Å². The Morgan fingerprint density at radius 3 is 2.20 bits per heavy atom. The number of aromatic nitrogens is 2. The molecule has 1 rings (SSSR count). The Morgan fingerprint density at radius 1 is 1.40 bits per heavy atom. The van der Waals surface area contributed by atoms with Gasteiger partial charge in [-0.2, -0.15) is 0 Å².